The number of hydrogen-bond donors (Lipinski definition) is 1. The van der Waals surface area contributed by atoms with E-state index >= 15 is 0 Å². The Morgan fingerprint density at radius 3 is 3.05 bits per heavy atom. The van der Waals surface area contributed by atoms with Crippen molar-refractivity contribution < 1.29 is 14.0 Å². The topological polar surface area (TPSA) is 75.4 Å². The Kier molecular flexibility index (Phi) is 3.68. The predicted molar refractivity (Wildman–Crippen MR) is 75.7 cm³/mol. The van der Waals surface area contributed by atoms with Crippen molar-refractivity contribution in [2.75, 3.05) is 11.4 Å². The summed E-state index contributed by atoms with van der Waals surface area (Å²) in [5.41, 5.74) is 1.62. The quantitative estimate of drug-likeness (QED) is 0.928. The van der Waals surface area contributed by atoms with Gasteiger partial charge in [-0.05, 0) is 30.2 Å². The molecular formula is C15H15N3O3. The molecule has 2 aromatic heterocycles. The van der Waals surface area contributed by atoms with Crippen LogP contribution in [0.1, 0.15) is 29.0 Å². The zero-order valence-corrected chi connectivity index (χ0v) is 11.4. The first kappa shape index (κ1) is 13.4. The van der Waals surface area contributed by atoms with Gasteiger partial charge in [-0.25, -0.2) is 0 Å². The molecule has 6 heteroatoms. The van der Waals surface area contributed by atoms with Crippen molar-refractivity contribution in [3.8, 4) is 0 Å². The van der Waals surface area contributed by atoms with Crippen LogP contribution in [0.3, 0.4) is 0 Å². The molecule has 0 aromatic carbocycles. The zero-order valence-electron chi connectivity index (χ0n) is 11.4. The first-order valence-corrected chi connectivity index (χ1v) is 6.80. The normalized spacial score (nSPS) is 14.5. The third kappa shape index (κ3) is 2.94. The second-order valence-corrected chi connectivity index (χ2v) is 4.86. The molecule has 0 spiro atoms. The molecule has 0 radical (unpaired) electrons. The summed E-state index contributed by atoms with van der Waals surface area (Å²) in [6, 6.07) is 5.14. The van der Waals surface area contributed by atoms with Crippen molar-refractivity contribution in [2.45, 2.75) is 19.4 Å². The van der Waals surface area contributed by atoms with Crippen LogP contribution in [-0.2, 0) is 11.3 Å². The lowest BCUT2D eigenvalue weighted by Crippen LogP contribution is -2.25. The van der Waals surface area contributed by atoms with Crippen LogP contribution in [0.2, 0.25) is 0 Å². The first-order chi connectivity index (χ1) is 10.2. The fourth-order valence-electron chi connectivity index (χ4n) is 2.32. The van der Waals surface area contributed by atoms with Crippen LogP contribution in [0, 0.1) is 0 Å². The number of aromatic nitrogens is 1. The average molecular weight is 285 g/mol. The van der Waals surface area contributed by atoms with Gasteiger partial charge < -0.3 is 14.6 Å². The van der Waals surface area contributed by atoms with Crippen LogP contribution in [0.5, 0.6) is 0 Å². The molecule has 1 fully saturated rings. The van der Waals surface area contributed by atoms with Crippen LogP contribution in [0.15, 0.2) is 41.3 Å². The van der Waals surface area contributed by atoms with Crippen LogP contribution in [0.4, 0.5) is 5.69 Å². The molecule has 1 N–H and O–H groups in total. The Bertz CT molecular complexity index is 652. The molecule has 0 atom stereocenters. The molecule has 21 heavy (non-hydrogen) atoms. The zero-order chi connectivity index (χ0) is 14.7. The molecule has 0 saturated carbocycles. The molecule has 3 heterocycles. The molecule has 2 aromatic rings. The van der Waals surface area contributed by atoms with E-state index in [0.29, 0.717) is 13.0 Å². The van der Waals surface area contributed by atoms with Gasteiger partial charge in [0.2, 0.25) is 5.91 Å². The Balaban J connectivity index is 1.66. The third-order valence-electron chi connectivity index (χ3n) is 3.36. The monoisotopic (exact) mass is 285 g/mol. The maximum Gasteiger partial charge on any atom is 0.287 e. The lowest BCUT2D eigenvalue weighted by Gasteiger charge is -2.16. The van der Waals surface area contributed by atoms with E-state index in [1.807, 2.05) is 6.07 Å². The molecule has 0 unspecified atom stereocenters. The number of carbonyl (C=O) groups is 2. The van der Waals surface area contributed by atoms with Gasteiger partial charge in [-0.1, -0.05) is 0 Å². The minimum Gasteiger partial charge on any atom is -0.459 e. The number of anilines is 1. The Labute approximate surface area is 121 Å². The number of carbonyl (C=O) groups excluding carboxylic acids is 2. The summed E-state index contributed by atoms with van der Waals surface area (Å²) in [5.74, 6) is 0.116. The maximum absolute atomic E-state index is 11.8. The standard InChI is InChI=1S/C15H15N3O3/c19-14-4-1-5-18(14)12-7-11(8-16-10-12)9-17-15(20)13-3-2-6-21-13/h2-3,6-8,10H,1,4-5,9H2,(H,17,20). The fourth-order valence-corrected chi connectivity index (χ4v) is 2.32. The molecule has 1 aliphatic rings. The van der Waals surface area contributed by atoms with Gasteiger partial charge in [0.1, 0.15) is 0 Å². The van der Waals surface area contributed by atoms with Crippen molar-refractivity contribution in [1.82, 2.24) is 10.3 Å². The molecule has 0 bridgehead atoms. The molecule has 1 aliphatic heterocycles. The highest BCUT2D eigenvalue weighted by Gasteiger charge is 2.22. The third-order valence-corrected chi connectivity index (χ3v) is 3.36. The van der Waals surface area contributed by atoms with Crippen LogP contribution in [0.25, 0.3) is 0 Å². The number of rotatable bonds is 4. The van der Waals surface area contributed by atoms with E-state index in [1.165, 1.54) is 6.26 Å². The second kappa shape index (κ2) is 5.78. The smallest absolute Gasteiger partial charge is 0.287 e. The van der Waals surface area contributed by atoms with Gasteiger partial charge in [0.15, 0.2) is 5.76 Å². The molecule has 1 saturated heterocycles. The summed E-state index contributed by atoms with van der Waals surface area (Å²) < 4.78 is 5.02. The van der Waals surface area contributed by atoms with Gasteiger partial charge in [0.05, 0.1) is 18.1 Å². The van der Waals surface area contributed by atoms with Gasteiger partial charge >= 0.3 is 0 Å². The Hall–Kier alpha value is -2.63. The highest BCUT2D eigenvalue weighted by Crippen LogP contribution is 2.21. The number of nitrogens with zero attached hydrogens (tertiary/aromatic N) is 2. The highest BCUT2D eigenvalue weighted by molar-refractivity contribution is 5.95. The molecular weight excluding hydrogens is 270 g/mol. The minimum atomic E-state index is -0.275. The van der Waals surface area contributed by atoms with E-state index in [-0.39, 0.29) is 17.6 Å². The van der Waals surface area contributed by atoms with E-state index in [2.05, 4.69) is 10.3 Å². The van der Waals surface area contributed by atoms with Crippen molar-refractivity contribution >= 4 is 17.5 Å². The lowest BCUT2D eigenvalue weighted by molar-refractivity contribution is -0.117. The van der Waals surface area contributed by atoms with Gasteiger partial charge in [-0.2, -0.15) is 0 Å². The highest BCUT2D eigenvalue weighted by atomic mass is 16.3. The summed E-state index contributed by atoms with van der Waals surface area (Å²) in [6.45, 7) is 1.06. The van der Waals surface area contributed by atoms with Gasteiger partial charge in [-0.3, -0.25) is 14.6 Å². The van der Waals surface area contributed by atoms with Crippen LogP contribution >= 0.6 is 0 Å². The fraction of sp³-hybridized carbons (Fsp3) is 0.267. The van der Waals surface area contributed by atoms with Crippen LogP contribution < -0.4 is 10.2 Å². The number of furan rings is 1. The average Bonchev–Trinajstić information content (AvgIpc) is 3.16. The van der Waals surface area contributed by atoms with E-state index in [0.717, 1.165) is 24.2 Å². The number of nitrogens with one attached hydrogen (secondary N) is 1. The van der Waals surface area contributed by atoms with Crippen molar-refractivity contribution in [2.24, 2.45) is 0 Å². The molecule has 6 nitrogen and oxygen atoms in total. The maximum atomic E-state index is 11.8. The van der Waals surface area contributed by atoms with Gasteiger partial charge in [-0.15, -0.1) is 0 Å². The number of pyridine rings is 1. The Morgan fingerprint density at radius 2 is 2.33 bits per heavy atom. The summed E-state index contributed by atoms with van der Waals surface area (Å²) in [7, 11) is 0. The summed E-state index contributed by atoms with van der Waals surface area (Å²) in [6.07, 6.45) is 6.25. The van der Waals surface area contributed by atoms with Crippen molar-refractivity contribution in [1.29, 1.82) is 0 Å². The largest absolute Gasteiger partial charge is 0.459 e. The summed E-state index contributed by atoms with van der Waals surface area (Å²) in [4.78, 5) is 29.4. The van der Waals surface area contributed by atoms with Crippen molar-refractivity contribution in [3.63, 3.8) is 0 Å². The lowest BCUT2D eigenvalue weighted by atomic mass is 10.2. The Morgan fingerprint density at radius 1 is 1.43 bits per heavy atom. The molecule has 108 valence electrons. The SMILES string of the molecule is O=C(NCc1cncc(N2CCCC2=O)c1)c1ccco1. The van der Waals surface area contributed by atoms with E-state index < -0.39 is 0 Å². The summed E-state index contributed by atoms with van der Waals surface area (Å²) in [5, 5.41) is 2.75. The molecule has 2 amide bonds. The molecule has 3 rings (SSSR count). The van der Waals surface area contributed by atoms with Gasteiger partial charge in [0, 0.05) is 25.7 Å². The minimum absolute atomic E-state index is 0.119. The second-order valence-electron chi connectivity index (χ2n) is 4.86. The van der Waals surface area contributed by atoms with Crippen LogP contribution in [-0.4, -0.2) is 23.3 Å². The summed E-state index contributed by atoms with van der Waals surface area (Å²) >= 11 is 0. The van der Waals surface area contributed by atoms with E-state index in [4.69, 9.17) is 4.42 Å². The van der Waals surface area contributed by atoms with E-state index in [1.54, 1.807) is 29.4 Å². The van der Waals surface area contributed by atoms with E-state index in [9.17, 15) is 9.59 Å². The van der Waals surface area contributed by atoms with Gasteiger partial charge in [0.25, 0.3) is 5.91 Å². The number of amides is 2. The predicted octanol–water partition coefficient (Wildman–Crippen LogP) is 1.73. The molecule has 0 aliphatic carbocycles. The number of hydrogen-bond acceptors (Lipinski definition) is 4. The van der Waals surface area contributed by atoms with Crippen molar-refractivity contribution in [3.05, 3.63) is 48.2 Å². The first-order valence-electron chi connectivity index (χ1n) is 6.80.